The summed E-state index contributed by atoms with van der Waals surface area (Å²) >= 11 is 0. The zero-order chi connectivity index (χ0) is 32.2. The number of allylic oxidation sites excluding steroid dienone is 2. The molecule has 1 aliphatic carbocycles. The van der Waals surface area contributed by atoms with Crippen LogP contribution in [0.25, 0.3) is 0 Å². The van der Waals surface area contributed by atoms with E-state index in [0.29, 0.717) is 25.1 Å². The Morgan fingerprint density at radius 2 is 1.59 bits per heavy atom. The third-order valence-corrected chi connectivity index (χ3v) is 10.3. The van der Waals surface area contributed by atoms with Crippen molar-refractivity contribution < 1.29 is 33.1 Å². The molecule has 3 aliphatic rings. The van der Waals surface area contributed by atoms with Gasteiger partial charge >= 0.3 is 5.97 Å². The number of fused-ring (bicyclic) bond motifs is 2. The molecular formula is C34H42N2O7S. The van der Waals surface area contributed by atoms with Gasteiger partial charge in [0.1, 0.15) is 5.76 Å². The van der Waals surface area contributed by atoms with E-state index < -0.39 is 33.5 Å². The smallest absolute Gasteiger partial charge is 0.303 e. The van der Waals surface area contributed by atoms with Crippen LogP contribution in [0.5, 0.6) is 0 Å². The van der Waals surface area contributed by atoms with Gasteiger partial charge in [-0.2, -0.15) is 8.42 Å². The van der Waals surface area contributed by atoms with Gasteiger partial charge in [0.15, 0.2) is 0 Å². The number of hydrogen-bond acceptors (Lipinski definition) is 7. The van der Waals surface area contributed by atoms with E-state index in [1.54, 1.807) is 12.1 Å². The average Bonchev–Trinajstić information content (AvgIpc) is 3.31. The maximum Gasteiger partial charge on any atom is 0.303 e. The van der Waals surface area contributed by atoms with Crippen LogP contribution in [-0.2, 0) is 25.7 Å². The Labute approximate surface area is 259 Å². The van der Waals surface area contributed by atoms with E-state index in [9.17, 15) is 28.0 Å². The number of para-hydroxylation sites is 1. The van der Waals surface area contributed by atoms with Gasteiger partial charge in [-0.25, -0.2) is 0 Å². The summed E-state index contributed by atoms with van der Waals surface area (Å²) in [4.78, 5) is 15.0. The second-order valence-electron chi connectivity index (χ2n) is 12.9. The van der Waals surface area contributed by atoms with Crippen LogP contribution < -0.4 is 9.80 Å². The van der Waals surface area contributed by atoms with Crippen LogP contribution in [0, 0.1) is 5.92 Å². The highest BCUT2D eigenvalue weighted by Crippen LogP contribution is 2.52. The van der Waals surface area contributed by atoms with Crippen molar-refractivity contribution in [2.24, 2.45) is 5.92 Å². The van der Waals surface area contributed by atoms with Gasteiger partial charge in [-0.05, 0) is 61.2 Å². The summed E-state index contributed by atoms with van der Waals surface area (Å²) in [6.45, 7) is 11.4. The van der Waals surface area contributed by atoms with Gasteiger partial charge in [0, 0.05) is 58.7 Å². The molecular weight excluding hydrogens is 580 g/mol. The van der Waals surface area contributed by atoms with Crippen LogP contribution in [-0.4, -0.2) is 53.5 Å². The molecule has 2 unspecified atom stereocenters. The molecule has 10 heteroatoms. The van der Waals surface area contributed by atoms with Crippen LogP contribution in [0.15, 0.2) is 82.2 Å². The highest BCUT2D eigenvalue weighted by atomic mass is 32.2. The number of hydrogen-bond donors (Lipinski definition) is 4. The first-order valence-corrected chi connectivity index (χ1v) is 16.6. The van der Waals surface area contributed by atoms with Crippen molar-refractivity contribution in [3.8, 4) is 0 Å². The fraction of sp³-hybridized carbons (Fsp3) is 0.441. The number of aliphatic hydroxyl groups is 2. The van der Waals surface area contributed by atoms with Crippen molar-refractivity contribution in [2.75, 3.05) is 22.9 Å². The molecule has 0 aromatic heterocycles. The van der Waals surface area contributed by atoms with Crippen LogP contribution >= 0.6 is 0 Å². The normalized spacial score (nSPS) is 23.7. The first-order valence-electron chi connectivity index (χ1n) is 15.1. The molecule has 4 N–H and O–H groups in total. The fourth-order valence-electron chi connectivity index (χ4n) is 6.96. The van der Waals surface area contributed by atoms with Gasteiger partial charge in [0.2, 0.25) is 0 Å². The molecule has 0 spiro atoms. The molecule has 9 nitrogen and oxygen atoms in total. The van der Waals surface area contributed by atoms with Crippen molar-refractivity contribution in [3.63, 3.8) is 0 Å². The second-order valence-corrected chi connectivity index (χ2v) is 14.3. The Morgan fingerprint density at radius 1 is 0.932 bits per heavy atom. The molecule has 0 amide bonds. The van der Waals surface area contributed by atoms with Crippen LogP contribution in [0.2, 0.25) is 0 Å². The molecule has 0 saturated carbocycles. The molecule has 0 radical (unpaired) electrons. The predicted octanol–water partition coefficient (Wildman–Crippen LogP) is 6.06. The number of unbranched alkanes of at least 4 members (excludes halogenated alkanes) is 2. The fourth-order valence-corrected chi connectivity index (χ4v) is 7.46. The second kappa shape index (κ2) is 11.4. The zero-order valence-electron chi connectivity index (χ0n) is 25.9. The summed E-state index contributed by atoms with van der Waals surface area (Å²) in [7, 11) is -4.38. The molecule has 5 rings (SSSR count). The topological polar surface area (TPSA) is 139 Å². The minimum atomic E-state index is -4.38. The molecule has 2 aliphatic heterocycles. The highest BCUT2D eigenvalue weighted by molar-refractivity contribution is 7.85. The maximum absolute atomic E-state index is 11.9. The first kappa shape index (κ1) is 31.8. The van der Waals surface area contributed by atoms with Gasteiger partial charge in [-0.1, -0.05) is 58.4 Å². The lowest BCUT2D eigenvalue weighted by Crippen LogP contribution is -2.38. The SMILES string of the molecule is CCN1C(=CC2=C(O)C(C=C3N(CCCCCC(=O)O)c4ccccc4C3(C)C)C2O)C(C)(C)c2cc(S(=O)(=O)O)ccc21. The van der Waals surface area contributed by atoms with Crippen molar-refractivity contribution in [2.45, 2.75) is 82.1 Å². The van der Waals surface area contributed by atoms with E-state index in [2.05, 4.69) is 30.9 Å². The Bertz CT molecular complexity index is 1690. The van der Waals surface area contributed by atoms with Crippen molar-refractivity contribution in [3.05, 3.63) is 88.5 Å². The number of carboxylic acids is 1. The van der Waals surface area contributed by atoms with Crippen LogP contribution in [0.3, 0.4) is 0 Å². The van der Waals surface area contributed by atoms with E-state index in [4.69, 9.17) is 5.11 Å². The Balaban J connectivity index is 1.47. The van der Waals surface area contributed by atoms with E-state index >= 15 is 0 Å². The quantitative estimate of drug-likeness (QED) is 0.184. The third kappa shape index (κ3) is 5.33. The van der Waals surface area contributed by atoms with Crippen molar-refractivity contribution in [1.82, 2.24) is 0 Å². The zero-order valence-corrected chi connectivity index (χ0v) is 26.7. The lowest BCUT2D eigenvalue weighted by atomic mass is 9.75. The van der Waals surface area contributed by atoms with E-state index in [1.165, 1.54) is 12.1 Å². The highest BCUT2D eigenvalue weighted by Gasteiger charge is 2.46. The molecule has 0 bridgehead atoms. The summed E-state index contributed by atoms with van der Waals surface area (Å²) in [5.74, 6) is -1.31. The average molecular weight is 623 g/mol. The van der Waals surface area contributed by atoms with Crippen LogP contribution in [0.4, 0.5) is 11.4 Å². The number of likely N-dealkylation sites (N-methyl/N-ethyl adjacent to an activating group) is 1. The molecule has 2 atom stereocenters. The summed E-state index contributed by atoms with van der Waals surface area (Å²) in [6.07, 6.45) is 5.18. The Kier molecular flexibility index (Phi) is 8.24. The van der Waals surface area contributed by atoms with E-state index in [1.807, 2.05) is 43.9 Å². The Morgan fingerprint density at radius 3 is 2.23 bits per heavy atom. The minimum absolute atomic E-state index is 0.0899. The number of nitrogens with zero attached hydrogens (tertiary/aromatic N) is 2. The monoisotopic (exact) mass is 622 g/mol. The summed E-state index contributed by atoms with van der Waals surface area (Å²) in [6, 6.07) is 12.7. The molecule has 2 heterocycles. The van der Waals surface area contributed by atoms with Gasteiger partial charge in [0.05, 0.1) is 16.9 Å². The molecule has 236 valence electrons. The number of benzene rings is 2. The predicted molar refractivity (Wildman–Crippen MR) is 171 cm³/mol. The largest absolute Gasteiger partial charge is 0.511 e. The first-order chi connectivity index (χ1) is 20.6. The lowest BCUT2D eigenvalue weighted by molar-refractivity contribution is -0.137. The molecule has 2 aromatic carbocycles. The van der Waals surface area contributed by atoms with Gasteiger partial charge in [0.25, 0.3) is 10.1 Å². The number of carbonyl (C=O) groups is 1. The van der Waals surface area contributed by atoms with Gasteiger partial charge in [-0.15, -0.1) is 0 Å². The molecule has 0 saturated heterocycles. The van der Waals surface area contributed by atoms with Crippen molar-refractivity contribution in [1.29, 1.82) is 0 Å². The number of rotatable bonds is 10. The number of carboxylic acid groups (broad SMARTS) is 1. The molecule has 44 heavy (non-hydrogen) atoms. The molecule has 2 aromatic rings. The number of anilines is 2. The Hall–Kier alpha value is -3.60. The summed E-state index contributed by atoms with van der Waals surface area (Å²) < 4.78 is 33.3. The lowest BCUT2D eigenvalue weighted by Gasteiger charge is -2.37. The van der Waals surface area contributed by atoms with Crippen LogP contribution in [0.1, 0.15) is 71.4 Å². The summed E-state index contributed by atoms with van der Waals surface area (Å²) in [5.41, 5.74) is 4.97. The standard InChI is InChI=1S/C34H42N2O7S/c1-6-35-27-16-15-21(44(41,42)43)18-25(27)34(4,5)28(35)19-22-31(39)23(32(22)40)20-29-33(2,3)24-12-9-10-13-26(24)36(29)17-11-7-8-14-30(37)38/h9-10,12-13,15-16,18-20,23,31,39-40H,6-8,11,14,17H2,1-5H3,(H,37,38)(H,41,42,43). The third-order valence-electron chi connectivity index (χ3n) is 9.45. The van der Waals surface area contributed by atoms with E-state index in [-0.39, 0.29) is 22.5 Å². The minimum Gasteiger partial charge on any atom is -0.511 e. The van der Waals surface area contributed by atoms with E-state index in [0.717, 1.165) is 46.7 Å². The number of aliphatic hydroxyl groups excluding tert-OH is 2. The van der Waals surface area contributed by atoms with Gasteiger partial charge in [-0.3, -0.25) is 9.35 Å². The number of aliphatic carboxylic acids is 1. The van der Waals surface area contributed by atoms with Crippen molar-refractivity contribution >= 4 is 27.5 Å². The summed E-state index contributed by atoms with van der Waals surface area (Å²) in [5, 5.41) is 31.8. The maximum atomic E-state index is 11.9. The van der Waals surface area contributed by atoms with Gasteiger partial charge < -0.3 is 25.1 Å². The molecule has 0 fully saturated rings.